The van der Waals surface area contributed by atoms with E-state index >= 15 is 0 Å². The van der Waals surface area contributed by atoms with Crippen LogP contribution in [0.15, 0.2) is 52.7 Å². The molecule has 2 N–H and O–H groups in total. The molecule has 0 saturated carbocycles. The average Bonchev–Trinajstić information content (AvgIpc) is 3.43. The van der Waals surface area contributed by atoms with E-state index in [4.69, 9.17) is 9.15 Å². The zero-order valence-electron chi connectivity index (χ0n) is 16.6. The Morgan fingerprint density at radius 3 is 2.91 bits per heavy atom. The number of fused-ring (bicyclic) bond motifs is 4. The molecule has 1 unspecified atom stereocenters. The summed E-state index contributed by atoms with van der Waals surface area (Å²) in [6.45, 7) is 1.48. The van der Waals surface area contributed by atoms with Gasteiger partial charge in [0.1, 0.15) is 34.3 Å². The number of esters is 1. The molecule has 0 aliphatic rings. The van der Waals surface area contributed by atoms with Gasteiger partial charge < -0.3 is 19.5 Å². The molecule has 0 bridgehead atoms. The second-order valence-corrected chi connectivity index (χ2v) is 7.65. The van der Waals surface area contributed by atoms with Crippen LogP contribution in [0, 0.1) is 0 Å². The van der Waals surface area contributed by atoms with Crippen LogP contribution < -0.4 is 5.32 Å². The number of ether oxygens (including phenoxy) is 1. The van der Waals surface area contributed by atoms with E-state index in [-0.39, 0.29) is 11.6 Å². The zero-order valence-corrected chi connectivity index (χ0v) is 17.4. The number of carbonyl (C=O) groups is 2. The predicted molar refractivity (Wildman–Crippen MR) is 116 cm³/mol. The minimum Gasteiger partial charge on any atom is -0.452 e. The van der Waals surface area contributed by atoms with E-state index in [1.54, 1.807) is 0 Å². The molecule has 0 spiro atoms. The van der Waals surface area contributed by atoms with E-state index in [9.17, 15) is 9.59 Å². The molecule has 1 aromatic carbocycles. The average molecular weight is 449 g/mol. The number of nitrogens with one attached hydrogen (secondary N) is 2. The lowest BCUT2D eigenvalue weighted by Crippen LogP contribution is -2.31. The number of nitrogens with zero attached hydrogens (tertiary/aromatic N) is 5. The van der Waals surface area contributed by atoms with E-state index < -0.39 is 18.0 Å². The van der Waals surface area contributed by atoms with Crippen molar-refractivity contribution in [2.45, 2.75) is 18.1 Å². The van der Waals surface area contributed by atoms with E-state index in [1.807, 2.05) is 24.3 Å². The van der Waals surface area contributed by atoms with Crippen LogP contribution in [0.3, 0.4) is 0 Å². The van der Waals surface area contributed by atoms with Crippen molar-refractivity contribution in [2.24, 2.45) is 0 Å². The Kier molecular flexibility index (Phi) is 5.11. The highest BCUT2D eigenvalue weighted by molar-refractivity contribution is 8.00. The number of aromatic nitrogens is 6. The lowest BCUT2D eigenvalue weighted by molar-refractivity contribution is -0.150. The summed E-state index contributed by atoms with van der Waals surface area (Å²) in [6, 6.07) is 7.52. The smallest absolute Gasteiger partial charge is 0.317 e. The number of furan rings is 1. The Morgan fingerprint density at radius 1 is 1.16 bits per heavy atom. The first kappa shape index (κ1) is 19.9. The summed E-state index contributed by atoms with van der Waals surface area (Å²) in [5.74, 6) is -0.906. The van der Waals surface area contributed by atoms with Crippen molar-refractivity contribution >= 4 is 62.7 Å². The molecule has 4 aromatic heterocycles. The summed E-state index contributed by atoms with van der Waals surface area (Å²) in [5, 5.41) is 4.00. The first-order valence-corrected chi connectivity index (χ1v) is 10.5. The molecule has 1 atom stereocenters. The van der Waals surface area contributed by atoms with E-state index in [0.717, 1.165) is 17.1 Å². The summed E-state index contributed by atoms with van der Waals surface area (Å²) in [4.78, 5) is 48.1. The zero-order chi connectivity index (χ0) is 22.1. The minimum atomic E-state index is -1.03. The number of benzene rings is 1. The maximum absolute atomic E-state index is 12.4. The van der Waals surface area contributed by atoms with Gasteiger partial charge in [-0.15, -0.1) is 0 Å². The Bertz CT molecular complexity index is 1460. The van der Waals surface area contributed by atoms with Gasteiger partial charge in [-0.25, -0.2) is 24.9 Å². The first-order chi connectivity index (χ1) is 15.6. The van der Waals surface area contributed by atoms with Gasteiger partial charge in [0.05, 0.1) is 12.1 Å². The van der Waals surface area contributed by atoms with Crippen molar-refractivity contribution in [2.75, 3.05) is 11.1 Å². The fourth-order valence-corrected chi connectivity index (χ4v) is 3.81. The number of hydrogen-bond acceptors (Lipinski definition) is 10. The number of para-hydroxylation sites is 1. The van der Waals surface area contributed by atoms with Gasteiger partial charge in [0.2, 0.25) is 0 Å². The minimum absolute atomic E-state index is 0.0565. The Labute approximate surface area is 184 Å². The molecule has 0 fully saturated rings. The van der Waals surface area contributed by atoms with Gasteiger partial charge in [-0.05, 0) is 19.1 Å². The molecule has 32 heavy (non-hydrogen) atoms. The van der Waals surface area contributed by atoms with Crippen LogP contribution in [0.4, 0.5) is 5.82 Å². The number of rotatable bonds is 6. The lowest BCUT2D eigenvalue weighted by atomic mass is 10.2. The van der Waals surface area contributed by atoms with Crippen LogP contribution in [-0.2, 0) is 14.3 Å². The molecule has 0 radical (unpaired) electrons. The van der Waals surface area contributed by atoms with Crippen molar-refractivity contribution in [3.05, 3.63) is 43.2 Å². The molecule has 160 valence electrons. The van der Waals surface area contributed by atoms with Gasteiger partial charge in [0.15, 0.2) is 23.2 Å². The number of hydrogen-bond donors (Lipinski definition) is 2. The summed E-state index contributed by atoms with van der Waals surface area (Å²) in [7, 11) is 0. The maximum Gasteiger partial charge on any atom is 0.317 e. The van der Waals surface area contributed by atoms with E-state index in [2.05, 4.69) is 35.2 Å². The van der Waals surface area contributed by atoms with Gasteiger partial charge in [0.25, 0.3) is 5.91 Å². The third-order valence-corrected chi connectivity index (χ3v) is 5.54. The van der Waals surface area contributed by atoms with E-state index in [0.29, 0.717) is 32.9 Å². The monoisotopic (exact) mass is 449 g/mol. The molecule has 4 heterocycles. The number of carbonyl (C=O) groups excluding carboxylic acids is 2. The number of anilines is 1. The summed E-state index contributed by atoms with van der Waals surface area (Å²) >= 11 is 1.15. The number of amides is 1. The van der Waals surface area contributed by atoms with Crippen LogP contribution in [0.1, 0.15) is 6.92 Å². The first-order valence-electron chi connectivity index (χ1n) is 9.49. The summed E-state index contributed by atoms with van der Waals surface area (Å²) in [6.07, 6.45) is 3.12. The summed E-state index contributed by atoms with van der Waals surface area (Å²) in [5.41, 5.74) is 2.76. The molecule has 0 saturated heterocycles. The maximum atomic E-state index is 12.4. The molecule has 12 heteroatoms. The van der Waals surface area contributed by atoms with Gasteiger partial charge in [-0.3, -0.25) is 9.59 Å². The van der Waals surface area contributed by atoms with Crippen molar-refractivity contribution in [1.82, 2.24) is 29.9 Å². The largest absolute Gasteiger partial charge is 0.452 e. The molecule has 11 nitrogen and oxygen atoms in total. The number of thioether (sulfide) groups is 1. The third kappa shape index (κ3) is 3.71. The molecule has 5 rings (SSSR count). The van der Waals surface area contributed by atoms with Gasteiger partial charge in [-0.2, -0.15) is 0 Å². The predicted octanol–water partition coefficient (Wildman–Crippen LogP) is 2.70. The number of aromatic amines is 1. The quantitative estimate of drug-likeness (QED) is 0.225. The third-order valence-electron chi connectivity index (χ3n) is 4.59. The van der Waals surface area contributed by atoms with Crippen LogP contribution in [0.25, 0.3) is 33.2 Å². The van der Waals surface area contributed by atoms with Crippen molar-refractivity contribution in [1.29, 1.82) is 0 Å². The highest BCUT2D eigenvalue weighted by Gasteiger charge is 2.21. The van der Waals surface area contributed by atoms with Gasteiger partial charge in [-0.1, -0.05) is 23.9 Å². The highest BCUT2D eigenvalue weighted by Crippen LogP contribution is 2.32. The fourth-order valence-electron chi connectivity index (χ4n) is 3.10. The normalized spacial score (nSPS) is 12.3. The van der Waals surface area contributed by atoms with Crippen molar-refractivity contribution in [3.63, 3.8) is 0 Å². The Morgan fingerprint density at radius 2 is 2.00 bits per heavy atom. The topological polar surface area (TPSA) is 149 Å². The molecule has 0 aliphatic heterocycles. The van der Waals surface area contributed by atoms with Crippen LogP contribution in [0.5, 0.6) is 0 Å². The number of imidazole rings is 1. The van der Waals surface area contributed by atoms with Gasteiger partial charge in [0, 0.05) is 5.39 Å². The fraction of sp³-hybridized carbons (Fsp3) is 0.150. The SMILES string of the molecule is CC(OC(=O)CSc1ncnc2c1oc1ccccc12)C(=O)Nc1ncnc2nc[nH]c12. The molecular formula is C20H15N7O4S. The van der Waals surface area contributed by atoms with Crippen molar-refractivity contribution < 1.29 is 18.7 Å². The van der Waals surface area contributed by atoms with Crippen LogP contribution >= 0.6 is 11.8 Å². The molecule has 0 aliphatic carbocycles. The van der Waals surface area contributed by atoms with Crippen LogP contribution in [-0.4, -0.2) is 53.6 Å². The molecular weight excluding hydrogens is 434 g/mol. The van der Waals surface area contributed by atoms with Crippen molar-refractivity contribution in [3.8, 4) is 0 Å². The molecule has 5 aromatic rings. The highest BCUT2D eigenvalue weighted by atomic mass is 32.2. The Balaban J connectivity index is 1.23. The second kappa shape index (κ2) is 8.23. The second-order valence-electron chi connectivity index (χ2n) is 6.69. The Hall–Kier alpha value is -4.06. The van der Waals surface area contributed by atoms with Gasteiger partial charge >= 0.3 is 5.97 Å². The van der Waals surface area contributed by atoms with E-state index in [1.165, 1.54) is 25.9 Å². The number of H-pyrrole nitrogens is 1. The lowest BCUT2D eigenvalue weighted by Gasteiger charge is -2.13. The van der Waals surface area contributed by atoms with Crippen LogP contribution in [0.2, 0.25) is 0 Å². The standard InChI is InChI=1S/C20H15N7O4S/c1-10(19(29)27-18-15-17(23-7-22-15)24-9-25-18)30-13(28)6-32-20-16-14(21-8-26-20)11-4-2-3-5-12(11)31-16/h2-5,7-10H,6H2,1H3,(H2,22,23,24,25,27,29). The summed E-state index contributed by atoms with van der Waals surface area (Å²) < 4.78 is 11.1. The molecule has 1 amide bonds.